The van der Waals surface area contributed by atoms with E-state index in [9.17, 15) is 24.2 Å². The van der Waals surface area contributed by atoms with E-state index >= 15 is 0 Å². The van der Waals surface area contributed by atoms with E-state index in [1.54, 1.807) is 0 Å². The molecule has 3 rings (SSSR count). The van der Waals surface area contributed by atoms with Crippen LogP contribution in [0.2, 0.25) is 0 Å². The number of anilines is 1. The number of nitrogens with two attached hydrogens (primary N) is 1. The minimum Gasteiger partial charge on any atom is -0.387 e. The van der Waals surface area contributed by atoms with E-state index in [4.69, 9.17) is 15.4 Å². The second kappa shape index (κ2) is 7.96. The molecule has 0 radical (unpaired) electrons. The van der Waals surface area contributed by atoms with Crippen molar-refractivity contribution in [3.05, 3.63) is 12.7 Å². The fraction of sp³-hybridized carbons (Fsp3) is 0.417. The van der Waals surface area contributed by atoms with Crippen LogP contribution in [0, 0.1) is 12.5 Å². The van der Waals surface area contributed by atoms with E-state index in [0.717, 1.165) is 0 Å². The number of imidazole rings is 1. The van der Waals surface area contributed by atoms with E-state index in [0.29, 0.717) is 0 Å². The number of aliphatic hydroxyl groups is 2. The maximum absolute atomic E-state index is 11.8. The van der Waals surface area contributed by atoms with Crippen molar-refractivity contribution in [2.45, 2.75) is 24.5 Å². The number of ether oxygens (including phenoxy) is 1. The van der Waals surface area contributed by atoms with Gasteiger partial charge in [0.15, 0.2) is 17.7 Å². The fourth-order valence-electron chi connectivity index (χ4n) is 2.56. The number of aliphatic hydroxyl groups excluding tert-OH is 2. The van der Waals surface area contributed by atoms with Crippen LogP contribution in [0.25, 0.3) is 11.2 Å². The van der Waals surface area contributed by atoms with Gasteiger partial charge in [0.05, 0.1) is 12.9 Å². The molecule has 158 valence electrons. The number of nitrogen functional groups attached to an aromatic ring is 1. The lowest BCUT2D eigenvalue weighted by molar-refractivity contribution is -0.0503. The molecule has 17 heteroatoms. The van der Waals surface area contributed by atoms with E-state index in [1.165, 1.54) is 23.3 Å². The summed E-state index contributed by atoms with van der Waals surface area (Å²) in [6.45, 7) is -0.803. The Hall–Kier alpha value is -2.11. The number of nitrogens with zero attached hydrogens (tertiary/aromatic N) is 4. The van der Waals surface area contributed by atoms with Gasteiger partial charge in [0.1, 0.15) is 36.3 Å². The van der Waals surface area contributed by atoms with Crippen molar-refractivity contribution in [3.8, 4) is 12.5 Å². The molecule has 0 amide bonds. The topological polar surface area (TPSA) is 222 Å². The number of phosphoric acid groups is 2. The summed E-state index contributed by atoms with van der Waals surface area (Å²) in [4.78, 5) is 30.4. The molecule has 2 aromatic heterocycles. The molecule has 15 nitrogen and oxygen atoms in total. The number of hydrogen-bond donors (Lipinski definition) is 5. The molecule has 1 aliphatic heterocycles. The van der Waals surface area contributed by atoms with Crippen LogP contribution in [0.4, 0.5) is 5.82 Å². The van der Waals surface area contributed by atoms with Crippen LogP contribution in [0.15, 0.2) is 12.7 Å². The average molecular weight is 451 g/mol. The van der Waals surface area contributed by atoms with Crippen molar-refractivity contribution in [2.24, 2.45) is 0 Å². The van der Waals surface area contributed by atoms with E-state index in [2.05, 4.69) is 34.7 Å². The maximum atomic E-state index is 11.8. The zero-order chi connectivity index (χ0) is 21.4. The van der Waals surface area contributed by atoms with Crippen molar-refractivity contribution < 1.29 is 47.2 Å². The summed E-state index contributed by atoms with van der Waals surface area (Å²) >= 11 is 0. The van der Waals surface area contributed by atoms with Gasteiger partial charge < -0.3 is 30.1 Å². The second-order valence-corrected chi connectivity index (χ2v) is 8.62. The molecule has 0 spiro atoms. The van der Waals surface area contributed by atoms with Gasteiger partial charge in [-0.15, -0.1) is 0 Å². The van der Waals surface area contributed by atoms with Gasteiger partial charge in [-0.3, -0.25) is 14.0 Å². The van der Waals surface area contributed by atoms with Crippen molar-refractivity contribution >= 4 is 32.6 Å². The zero-order valence-electron chi connectivity index (χ0n) is 14.2. The van der Waals surface area contributed by atoms with E-state index < -0.39 is 46.8 Å². The average Bonchev–Trinajstić information content (AvgIpc) is 3.16. The number of terminal acetylenes is 1. The van der Waals surface area contributed by atoms with Crippen molar-refractivity contribution in [1.29, 1.82) is 0 Å². The Morgan fingerprint density at radius 3 is 2.66 bits per heavy atom. The minimum atomic E-state index is -5.13. The molecule has 6 N–H and O–H groups in total. The van der Waals surface area contributed by atoms with Crippen molar-refractivity contribution in [3.63, 3.8) is 0 Å². The molecule has 0 aromatic carbocycles. The highest BCUT2D eigenvalue weighted by Crippen LogP contribution is 2.60. The van der Waals surface area contributed by atoms with Crippen LogP contribution < -0.4 is 5.73 Å². The highest BCUT2D eigenvalue weighted by atomic mass is 31.3. The summed E-state index contributed by atoms with van der Waals surface area (Å²) in [5.74, 6) is 0.0858. The highest BCUT2D eigenvalue weighted by molar-refractivity contribution is 7.61. The maximum Gasteiger partial charge on any atom is 0.544 e. The lowest BCUT2D eigenvalue weighted by Crippen LogP contribution is -2.33. The first-order valence-electron chi connectivity index (χ1n) is 7.65. The molecule has 1 saturated heterocycles. The van der Waals surface area contributed by atoms with Gasteiger partial charge in [-0.1, -0.05) is 6.42 Å². The first kappa shape index (κ1) is 21.6. The third kappa shape index (κ3) is 4.57. The number of phosphoric ester groups is 2. The number of aromatic nitrogens is 4. The Labute approximate surface area is 162 Å². The number of rotatable bonds is 7. The normalized spacial score (nSPS) is 28.5. The largest absolute Gasteiger partial charge is 0.544 e. The quantitative estimate of drug-likeness (QED) is 0.248. The van der Waals surface area contributed by atoms with Gasteiger partial charge in [0.2, 0.25) is 0 Å². The Morgan fingerprint density at radius 2 is 1.97 bits per heavy atom. The summed E-state index contributed by atoms with van der Waals surface area (Å²) in [5, 5.41) is 20.4. The molecule has 2 aromatic rings. The van der Waals surface area contributed by atoms with Gasteiger partial charge in [-0.2, -0.15) is 4.31 Å². The first-order chi connectivity index (χ1) is 13.5. The lowest BCUT2D eigenvalue weighted by Gasteiger charge is -2.18. The van der Waals surface area contributed by atoms with Gasteiger partial charge in [-0.05, 0) is 0 Å². The molecular weight excluding hydrogens is 436 g/mol. The van der Waals surface area contributed by atoms with Crippen molar-refractivity contribution in [2.75, 3.05) is 12.3 Å². The van der Waals surface area contributed by atoms with Crippen LogP contribution in [0.3, 0.4) is 0 Å². The molecule has 0 bridgehead atoms. The predicted molar refractivity (Wildman–Crippen MR) is 92.3 cm³/mol. The standard InChI is InChI=1S/C12H15N5O10P2/c1-2-24-28(20,21)27-29(22,23)25-3-6-8(18)9(19)12(26-6)17-5-16-7-10(13)14-4-15-11(7)17/h1,4-6,8-9,12,18-19H,3H2,(H,20,21)(H,22,23)(H2,13,14,15)/t6-,8-,9-,12-/m1/s1. The summed E-state index contributed by atoms with van der Waals surface area (Å²) < 4.78 is 42.1. The smallest absolute Gasteiger partial charge is 0.387 e. The molecular formula is C12H15N5O10P2. The SMILES string of the molecule is C#COP(=O)(O)OP(=O)(O)OC[C@H]1O[C@@H](n2cnc3c(N)ncnc32)[C@H](O)[C@@H]1O. The Bertz CT molecular complexity index is 1040. The Balaban J connectivity index is 1.71. The summed E-state index contributed by atoms with van der Waals surface area (Å²) in [7, 11) is -10.2. The van der Waals surface area contributed by atoms with Gasteiger partial charge >= 0.3 is 15.6 Å². The highest BCUT2D eigenvalue weighted by Gasteiger charge is 2.46. The van der Waals surface area contributed by atoms with Gasteiger partial charge in [0.25, 0.3) is 0 Å². The van der Waals surface area contributed by atoms with Crippen molar-refractivity contribution in [1.82, 2.24) is 19.5 Å². The van der Waals surface area contributed by atoms with Crippen LogP contribution in [0.5, 0.6) is 0 Å². The van der Waals surface area contributed by atoms with Crippen LogP contribution >= 0.6 is 15.6 Å². The van der Waals surface area contributed by atoms with E-state index in [-0.39, 0.29) is 17.0 Å². The molecule has 2 unspecified atom stereocenters. The lowest BCUT2D eigenvalue weighted by atomic mass is 10.1. The molecule has 29 heavy (non-hydrogen) atoms. The summed E-state index contributed by atoms with van der Waals surface area (Å²) in [6.07, 6.45) is 2.78. The molecule has 6 atom stereocenters. The molecule has 0 aliphatic carbocycles. The Kier molecular flexibility index (Phi) is 5.93. The zero-order valence-corrected chi connectivity index (χ0v) is 16.0. The second-order valence-electron chi connectivity index (χ2n) is 5.65. The van der Waals surface area contributed by atoms with Crippen LogP contribution in [-0.2, 0) is 27.2 Å². The number of fused-ring (bicyclic) bond motifs is 1. The monoisotopic (exact) mass is 451 g/mol. The predicted octanol–water partition coefficient (Wildman–Crippen LogP) is -1.13. The van der Waals surface area contributed by atoms with Gasteiger partial charge in [0, 0.05) is 0 Å². The van der Waals surface area contributed by atoms with E-state index in [1.807, 2.05) is 0 Å². The van der Waals surface area contributed by atoms with Crippen LogP contribution in [-0.4, -0.2) is 64.4 Å². The third-order valence-electron chi connectivity index (χ3n) is 3.77. The minimum absolute atomic E-state index is 0.0858. The fourth-order valence-corrected chi connectivity index (χ4v) is 4.39. The van der Waals surface area contributed by atoms with Crippen LogP contribution in [0.1, 0.15) is 6.23 Å². The summed E-state index contributed by atoms with van der Waals surface area (Å²) in [6, 6.07) is 0. The molecule has 0 saturated carbocycles. The number of hydrogen-bond acceptors (Lipinski definition) is 12. The first-order valence-corrected chi connectivity index (χ1v) is 10.6. The van der Waals surface area contributed by atoms with Gasteiger partial charge in [-0.25, -0.2) is 24.1 Å². The molecule has 1 fully saturated rings. The third-order valence-corrected chi connectivity index (χ3v) is 6.24. The Morgan fingerprint density at radius 1 is 1.24 bits per heavy atom. The molecule has 3 heterocycles. The molecule has 1 aliphatic rings. The summed E-state index contributed by atoms with van der Waals surface area (Å²) in [5.41, 5.74) is 6.13.